The Hall–Kier alpha value is -2.99. The Morgan fingerprint density at radius 2 is 1.94 bits per heavy atom. The van der Waals surface area contributed by atoms with E-state index in [9.17, 15) is 4.79 Å². The van der Waals surface area contributed by atoms with Crippen molar-refractivity contribution in [1.82, 2.24) is 10.2 Å². The third-order valence-corrected chi connectivity index (χ3v) is 6.12. The number of thioether (sulfide) groups is 1. The molecule has 0 saturated carbocycles. The maximum atomic E-state index is 12.0. The molecule has 172 valence electrons. The number of halogens is 1. The van der Waals surface area contributed by atoms with Crippen LogP contribution >= 0.6 is 23.4 Å². The van der Waals surface area contributed by atoms with Crippen LogP contribution in [0.3, 0.4) is 0 Å². The number of hydrogen-bond acceptors (Lipinski definition) is 7. The average molecular weight is 485 g/mol. The van der Waals surface area contributed by atoms with Crippen molar-refractivity contribution in [2.75, 3.05) is 33.3 Å². The zero-order valence-electron chi connectivity index (χ0n) is 18.7. The average Bonchev–Trinajstić information content (AvgIpc) is 3.17. The van der Waals surface area contributed by atoms with E-state index in [0.29, 0.717) is 40.2 Å². The lowest BCUT2D eigenvalue weighted by Crippen LogP contribution is -2.27. The number of benzene rings is 2. The summed E-state index contributed by atoms with van der Waals surface area (Å²) in [6.45, 7) is 7.61. The molecule has 0 radical (unpaired) electrons. The van der Waals surface area contributed by atoms with Gasteiger partial charge in [0.2, 0.25) is 0 Å². The molecule has 0 unspecified atom stereocenters. The first-order valence-electron chi connectivity index (χ1n) is 10.5. The predicted octanol–water partition coefficient (Wildman–Crippen LogP) is 5.55. The molecular formula is C24H25ClN4O3S. The van der Waals surface area contributed by atoms with E-state index in [-0.39, 0.29) is 5.24 Å². The molecule has 1 aliphatic heterocycles. The summed E-state index contributed by atoms with van der Waals surface area (Å²) in [5.74, 6) is 1.99. The molecule has 1 saturated heterocycles. The van der Waals surface area contributed by atoms with Crippen molar-refractivity contribution in [2.24, 2.45) is 4.99 Å². The molecule has 1 aliphatic rings. The number of aliphatic imine (C=N–C) groups is 1. The summed E-state index contributed by atoms with van der Waals surface area (Å²) in [6.07, 6.45) is 1.89. The highest BCUT2D eigenvalue weighted by molar-refractivity contribution is 8.18. The molecule has 0 atom stereocenters. The monoisotopic (exact) mass is 484 g/mol. The van der Waals surface area contributed by atoms with Crippen molar-refractivity contribution in [3.8, 4) is 23.3 Å². The highest BCUT2D eigenvalue weighted by Gasteiger charge is 2.23. The summed E-state index contributed by atoms with van der Waals surface area (Å²) < 4.78 is 11.4. The van der Waals surface area contributed by atoms with Gasteiger partial charge in [0.1, 0.15) is 11.6 Å². The maximum absolute atomic E-state index is 12.0. The van der Waals surface area contributed by atoms with Crippen molar-refractivity contribution in [1.29, 1.82) is 5.26 Å². The van der Waals surface area contributed by atoms with E-state index >= 15 is 0 Å². The number of amidine groups is 1. The van der Waals surface area contributed by atoms with Gasteiger partial charge in [0.15, 0.2) is 11.5 Å². The number of nitrogens with one attached hydrogen (secondary N) is 1. The molecule has 7 nitrogen and oxygen atoms in total. The van der Waals surface area contributed by atoms with Gasteiger partial charge in [0, 0.05) is 6.54 Å². The van der Waals surface area contributed by atoms with E-state index in [1.165, 1.54) is 0 Å². The second kappa shape index (κ2) is 11.8. The van der Waals surface area contributed by atoms with Gasteiger partial charge in [-0.3, -0.25) is 9.79 Å². The molecule has 1 heterocycles. The number of ether oxygens (including phenoxy) is 2. The van der Waals surface area contributed by atoms with Gasteiger partial charge in [-0.25, -0.2) is 0 Å². The van der Waals surface area contributed by atoms with Crippen molar-refractivity contribution >= 4 is 40.5 Å². The molecule has 9 heteroatoms. The molecular weight excluding hydrogens is 460 g/mol. The van der Waals surface area contributed by atoms with E-state index in [2.05, 4.69) is 29.1 Å². The normalized spacial score (nSPS) is 15.7. The summed E-state index contributed by atoms with van der Waals surface area (Å²) in [5.41, 5.74) is 1.29. The van der Waals surface area contributed by atoms with Gasteiger partial charge < -0.3 is 19.7 Å². The van der Waals surface area contributed by atoms with Crippen LogP contribution in [0.2, 0.25) is 5.02 Å². The fraction of sp³-hybridized carbons (Fsp3) is 0.292. The van der Waals surface area contributed by atoms with Gasteiger partial charge in [-0.15, -0.1) is 0 Å². The van der Waals surface area contributed by atoms with Crippen molar-refractivity contribution in [3.63, 3.8) is 0 Å². The van der Waals surface area contributed by atoms with Crippen LogP contribution in [0.25, 0.3) is 6.08 Å². The quantitative estimate of drug-likeness (QED) is 0.502. The van der Waals surface area contributed by atoms with Crippen molar-refractivity contribution in [3.05, 3.63) is 57.5 Å². The highest BCUT2D eigenvalue weighted by Crippen LogP contribution is 2.37. The fourth-order valence-corrected chi connectivity index (χ4v) is 4.15. The second-order valence-corrected chi connectivity index (χ2v) is 8.47. The van der Waals surface area contributed by atoms with E-state index in [1.54, 1.807) is 31.4 Å². The molecule has 2 aromatic rings. The number of nitriles is 1. The van der Waals surface area contributed by atoms with E-state index in [1.807, 2.05) is 24.3 Å². The summed E-state index contributed by atoms with van der Waals surface area (Å²) in [4.78, 5) is 19.6. The lowest BCUT2D eigenvalue weighted by atomic mass is 10.1. The zero-order chi connectivity index (χ0) is 23.8. The molecule has 2 aromatic carbocycles. The van der Waals surface area contributed by atoms with Crippen LogP contribution in [0.5, 0.6) is 17.2 Å². The van der Waals surface area contributed by atoms with Crippen LogP contribution in [0.1, 0.15) is 25.0 Å². The minimum absolute atomic E-state index is 0.148. The topological polar surface area (TPSA) is 87.0 Å². The first-order chi connectivity index (χ1) is 16.0. The van der Waals surface area contributed by atoms with E-state index in [0.717, 1.165) is 41.9 Å². The standard InChI is InChI=1S/C24H25ClN4O3S/c1-4-29(5-2)11-10-27-23-22(33-24(30)28-23)14-16-6-9-20(21(13-16)31-3)32-19-8-7-17(15-26)12-18(19)25/h6-9,12-14H,4-5,10-11H2,1-3H3,(H,27,28,30)/b22-14-. The number of amides is 1. The van der Waals surface area contributed by atoms with Crippen LogP contribution in [0.15, 0.2) is 46.3 Å². The SMILES string of the molecule is CCN(CC)CCN=C1NC(=O)S/C1=C\c1ccc(Oc2ccc(C#N)cc2Cl)c(OC)c1. The Labute approximate surface area is 203 Å². The predicted molar refractivity (Wildman–Crippen MR) is 133 cm³/mol. The molecule has 0 bridgehead atoms. The lowest BCUT2D eigenvalue weighted by molar-refractivity contribution is 0.265. The van der Waals surface area contributed by atoms with Gasteiger partial charge in [0.05, 0.1) is 35.2 Å². The summed E-state index contributed by atoms with van der Waals surface area (Å²) in [5, 5.41) is 12.0. The summed E-state index contributed by atoms with van der Waals surface area (Å²) >= 11 is 7.34. The Bertz CT molecular complexity index is 1120. The molecule has 1 fully saturated rings. The van der Waals surface area contributed by atoms with E-state index < -0.39 is 0 Å². The molecule has 3 rings (SSSR count). The van der Waals surface area contributed by atoms with Gasteiger partial charge in [-0.1, -0.05) is 31.5 Å². The van der Waals surface area contributed by atoms with Crippen molar-refractivity contribution < 1.29 is 14.3 Å². The van der Waals surface area contributed by atoms with Gasteiger partial charge in [0.25, 0.3) is 5.24 Å². The van der Waals surface area contributed by atoms with Crippen LogP contribution in [-0.4, -0.2) is 49.3 Å². The first kappa shape index (κ1) is 24.6. The number of hydrogen-bond donors (Lipinski definition) is 1. The summed E-state index contributed by atoms with van der Waals surface area (Å²) in [6, 6.07) is 12.3. The number of likely N-dealkylation sites (N-methyl/N-ethyl adjacent to an activating group) is 1. The van der Waals surface area contributed by atoms with Gasteiger partial charge in [-0.2, -0.15) is 5.26 Å². The third-order valence-electron chi connectivity index (χ3n) is 5.00. The number of carbonyl (C=O) groups is 1. The molecule has 33 heavy (non-hydrogen) atoms. The van der Waals surface area contributed by atoms with E-state index in [4.69, 9.17) is 26.3 Å². The number of rotatable bonds is 9. The molecule has 0 aromatic heterocycles. The Kier molecular flexibility index (Phi) is 8.78. The van der Waals surface area contributed by atoms with Crippen LogP contribution in [0.4, 0.5) is 4.79 Å². The number of methoxy groups -OCH3 is 1. The second-order valence-electron chi connectivity index (χ2n) is 7.05. The number of nitrogens with zero attached hydrogens (tertiary/aromatic N) is 3. The Morgan fingerprint density at radius 1 is 1.18 bits per heavy atom. The lowest BCUT2D eigenvalue weighted by Gasteiger charge is -2.16. The molecule has 0 spiro atoms. The Morgan fingerprint density at radius 3 is 2.61 bits per heavy atom. The zero-order valence-corrected chi connectivity index (χ0v) is 20.3. The van der Waals surface area contributed by atoms with Crippen LogP contribution in [0, 0.1) is 11.3 Å². The minimum Gasteiger partial charge on any atom is -0.493 e. The first-order valence-corrected chi connectivity index (χ1v) is 11.7. The minimum atomic E-state index is -0.148. The Balaban J connectivity index is 1.80. The maximum Gasteiger partial charge on any atom is 0.289 e. The highest BCUT2D eigenvalue weighted by atomic mass is 35.5. The summed E-state index contributed by atoms with van der Waals surface area (Å²) in [7, 11) is 1.55. The van der Waals surface area contributed by atoms with Crippen LogP contribution < -0.4 is 14.8 Å². The molecule has 1 amide bonds. The van der Waals surface area contributed by atoms with Crippen molar-refractivity contribution in [2.45, 2.75) is 13.8 Å². The number of carbonyl (C=O) groups excluding carboxylic acids is 1. The smallest absolute Gasteiger partial charge is 0.289 e. The van der Waals surface area contributed by atoms with Gasteiger partial charge >= 0.3 is 0 Å². The molecule has 1 N–H and O–H groups in total. The third kappa shape index (κ3) is 6.51. The van der Waals surface area contributed by atoms with Crippen LogP contribution in [-0.2, 0) is 0 Å². The largest absolute Gasteiger partial charge is 0.493 e. The fourth-order valence-electron chi connectivity index (χ4n) is 3.17. The molecule has 0 aliphatic carbocycles. The van der Waals surface area contributed by atoms with Gasteiger partial charge in [-0.05, 0) is 66.8 Å².